The summed E-state index contributed by atoms with van der Waals surface area (Å²) in [6.07, 6.45) is 8.63. The van der Waals surface area contributed by atoms with Gasteiger partial charge in [-0.1, -0.05) is 98.5 Å². The molecule has 380 valence electrons. The zero-order chi connectivity index (χ0) is 52.7. The van der Waals surface area contributed by atoms with Crippen molar-refractivity contribution < 1.29 is 73.3 Å². The fraction of sp³-hybridized carbons (Fsp3) is 0.167. The summed E-state index contributed by atoms with van der Waals surface area (Å²) in [5, 5.41) is 10.9. The molecule has 0 amide bonds. The first-order valence-electron chi connectivity index (χ1n) is 25.7. The number of allylic oxidation sites excluding steroid dienone is 8. The van der Waals surface area contributed by atoms with Crippen LogP contribution < -0.4 is 24.8 Å². The molecule has 0 nitrogen and oxygen atoms in total. The molecule has 0 fully saturated rings. The average Bonchev–Trinajstić information content (AvgIpc) is 4.15. The van der Waals surface area contributed by atoms with E-state index in [1.807, 2.05) is 0 Å². The monoisotopic (exact) mass is 1180 g/mol. The van der Waals surface area contributed by atoms with Crippen LogP contribution in [0.1, 0.15) is 98.9 Å². The number of hydrogen-bond donors (Lipinski definition) is 0. The van der Waals surface area contributed by atoms with Crippen molar-refractivity contribution in [3.05, 3.63) is 296 Å². The zero-order valence-corrected chi connectivity index (χ0v) is 52.2. The van der Waals surface area contributed by atoms with Gasteiger partial charge in [0.25, 0.3) is 0 Å². The van der Waals surface area contributed by atoms with Crippen molar-refractivity contribution in [1.29, 1.82) is 0 Å². The van der Waals surface area contributed by atoms with Crippen molar-refractivity contribution in [3.8, 4) is 0 Å². The molecular weight excluding hydrogens is 1120 g/mol. The van der Waals surface area contributed by atoms with Gasteiger partial charge in [-0.25, -0.2) is 11.1 Å². The third-order valence-electron chi connectivity index (χ3n) is 13.9. The second-order valence-corrected chi connectivity index (χ2v) is 22.1. The van der Waals surface area contributed by atoms with Crippen LogP contribution in [-0.2, 0) is 48.5 Å². The van der Waals surface area contributed by atoms with Crippen LogP contribution in [0.2, 0.25) is 0 Å². The standard InChI is InChI=1S/2C15H13.2C13H10.2C8H11.2ClH.2Zr/c2*1-10-3-5-14-12(7-10)9-13-8-11(2)4-6-15(13)14;2*1-3-7-12(8-4-1)11-13-9-5-2-6-10-13;2*1-6-4-5-7(2)8(6)3;;;;/h2*3-9H,1-2H3;2*1-10H;2*4H2,1-3H3;2*1H;;/q2*-1;;;2*-1;;;2*+2/p-2. The molecule has 2 aliphatic rings. The molecule has 0 saturated carbocycles. The van der Waals surface area contributed by atoms with Crippen LogP contribution in [0, 0.1) is 39.8 Å². The van der Waals surface area contributed by atoms with Crippen molar-refractivity contribution in [1.82, 2.24) is 0 Å². The van der Waals surface area contributed by atoms with Crippen LogP contribution in [0.4, 0.5) is 0 Å². The van der Waals surface area contributed by atoms with Crippen molar-refractivity contribution in [3.63, 3.8) is 0 Å². The van der Waals surface area contributed by atoms with E-state index in [2.05, 4.69) is 288 Å². The maximum atomic E-state index is 3.26. The summed E-state index contributed by atoms with van der Waals surface area (Å²) >= 11 is 2.92. The van der Waals surface area contributed by atoms with Crippen molar-refractivity contribution in [2.24, 2.45) is 0 Å². The van der Waals surface area contributed by atoms with Gasteiger partial charge in [0.15, 0.2) is 0 Å². The number of fused-ring (bicyclic) bond motifs is 6. The van der Waals surface area contributed by atoms with Gasteiger partial charge < -0.3 is 24.8 Å². The quantitative estimate of drug-likeness (QED) is 0.154. The number of halogens is 2. The number of hydrogen-bond acceptors (Lipinski definition) is 0. The molecule has 2 aliphatic carbocycles. The summed E-state index contributed by atoms with van der Waals surface area (Å²) in [4.78, 5) is 0. The molecule has 12 rings (SSSR count). The Labute approximate surface area is 496 Å². The molecule has 0 bridgehead atoms. The molecule has 76 heavy (non-hydrogen) atoms. The Bertz CT molecular complexity index is 3210. The summed E-state index contributed by atoms with van der Waals surface area (Å²) in [6, 6.07) is 73.4. The third kappa shape index (κ3) is 16.8. The molecule has 10 aromatic rings. The third-order valence-corrected chi connectivity index (χ3v) is 16.8. The fourth-order valence-electron chi connectivity index (χ4n) is 8.98. The Hall–Kier alpha value is -5.45. The molecule has 0 heterocycles. The first-order chi connectivity index (χ1) is 35.7. The van der Waals surface area contributed by atoms with Gasteiger partial charge in [0.1, 0.15) is 0 Å². The van der Waals surface area contributed by atoms with E-state index in [9.17, 15) is 0 Å². The average molecular weight is 1190 g/mol. The zero-order valence-electron chi connectivity index (χ0n) is 45.8. The Morgan fingerprint density at radius 3 is 0.724 bits per heavy atom. The fourth-order valence-corrected chi connectivity index (χ4v) is 10.6. The molecule has 0 unspecified atom stereocenters. The first-order valence-corrected chi connectivity index (χ1v) is 28.1. The predicted molar refractivity (Wildman–Crippen MR) is 316 cm³/mol. The SMILES string of the molecule is CC1=[C-]CC(C)=C1C.CC1=[C-]CC(C)=C1C.Cc1ccc2c(c1)[cH-]c1cc(C)ccc12.Cc1ccc2c(c1)[cH-]c1cc(C)ccc12.[Cl-].[Cl-].[Zr+2]=[C](c1ccccc1)c1ccccc1.[Zr+2]=[C](c1ccccc1)c1ccccc1. The van der Waals surface area contributed by atoms with Crippen LogP contribution in [-0.4, -0.2) is 6.41 Å². The van der Waals surface area contributed by atoms with E-state index in [0.29, 0.717) is 0 Å². The second-order valence-electron chi connectivity index (χ2n) is 19.6. The summed E-state index contributed by atoms with van der Waals surface area (Å²) in [7, 11) is 0. The predicted octanol–water partition coefficient (Wildman–Crippen LogP) is 13.2. The molecule has 4 heteroatoms. The van der Waals surface area contributed by atoms with E-state index in [1.165, 1.54) is 176 Å². The van der Waals surface area contributed by atoms with Crippen molar-refractivity contribution in [2.45, 2.75) is 82.1 Å². The molecule has 0 atom stereocenters. The summed E-state index contributed by atoms with van der Waals surface area (Å²) < 4.78 is 2.83. The molecule has 0 N–H and O–H groups in total. The van der Waals surface area contributed by atoms with Crippen LogP contribution in [0.25, 0.3) is 43.1 Å². The molecule has 0 saturated heterocycles. The summed E-state index contributed by atoms with van der Waals surface area (Å²) in [5.41, 5.74) is 19.1. The van der Waals surface area contributed by atoms with Gasteiger partial charge in [0, 0.05) is 0 Å². The van der Waals surface area contributed by atoms with E-state index in [4.69, 9.17) is 0 Å². The van der Waals surface area contributed by atoms with Gasteiger partial charge in [-0.05, 0) is 27.7 Å². The van der Waals surface area contributed by atoms with E-state index < -0.39 is 0 Å². The van der Waals surface area contributed by atoms with Gasteiger partial charge in [0.2, 0.25) is 0 Å². The van der Waals surface area contributed by atoms with E-state index >= 15 is 0 Å². The van der Waals surface area contributed by atoms with Gasteiger partial charge in [-0.15, -0.1) is 106 Å². The van der Waals surface area contributed by atoms with Crippen LogP contribution in [0.5, 0.6) is 0 Å². The minimum atomic E-state index is 0. The van der Waals surface area contributed by atoms with E-state index in [1.54, 1.807) is 0 Å². The molecule has 0 radical (unpaired) electrons. The second kappa shape index (κ2) is 29.9. The summed E-state index contributed by atoms with van der Waals surface area (Å²) in [5.74, 6) is 0. The van der Waals surface area contributed by atoms with Crippen molar-refractivity contribution >= 4 is 49.5 Å². The molecule has 0 aliphatic heterocycles. The topological polar surface area (TPSA) is 0 Å². The molecule has 0 spiro atoms. The van der Waals surface area contributed by atoms with Crippen molar-refractivity contribution in [2.75, 3.05) is 0 Å². The van der Waals surface area contributed by atoms with Gasteiger partial charge in [-0.3, -0.25) is 12.2 Å². The van der Waals surface area contributed by atoms with Gasteiger partial charge >= 0.3 is 198 Å². The van der Waals surface area contributed by atoms with Crippen LogP contribution in [0.15, 0.2) is 240 Å². The Morgan fingerprint density at radius 1 is 0.329 bits per heavy atom. The molecule has 10 aromatic carbocycles. The molecule has 0 aromatic heterocycles. The van der Waals surface area contributed by atoms with Gasteiger partial charge in [0.05, 0.1) is 0 Å². The number of benzene rings is 8. The van der Waals surface area contributed by atoms with Gasteiger partial charge in [-0.2, -0.15) is 22.3 Å². The van der Waals surface area contributed by atoms with E-state index in [-0.39, 0.29) is 24.8 Å². The summed E-state index contributed by atoms with van der Waals surface area (Å²) in [6.45, 7) is 21.4. The Balaban J connectivity index is 0.000000170. The number of rotatable bonds is 4. The number of aryl methyl sites for hydroxylation is 4. The van der Waals surface area contributed by atoms with Crippen LogP contribution >= 0.6 is 0 Å². The Kier molecular flexibility index (Phi) is 24.2. The normalized spacial score (nSPS) is 12.2. The van der Waals surface area contributed by atoms with Crippen LogP contribution in [0.3, 0.4) is 0 Å². The Morgan fingerprint density at radius 2 is 0.553 bits per heavy atom. The van der Waals surface area contributed by atoms with E-state index in [0.717, 1.165) is 12.8 Å². The maximum absolute atomic E-state index is 3.26. The first kappa shape index (κ1) is 61.4. The molecular formula is C72H68Cl2Zr2-2. The minimum absolute atomic E-state index is 0.